The summed E-state index contributed by atoms with van der Waals surface area (Å²) in [4.78, 5) is 21.6. The third kappa shape index (κ3) is 2.95. The van der Waals surface area contributed by atoms with Gasteiger partial charge in [-0.3, -0.25) is 0 Å². The number of hydrogen-bond donors (Lipinski definition) is 0. The Morgan fingerprint density at radius 2 is 1.82 bits per heavy atom. The van der Waals surface area contributed by atoms with Crippen molar-refractivity contribution in [3.05, 3.63) is 57.9 Å². The van der Waals surface area contributed by atoms with Crippen LogP contribution < -0.4 is 10.5 Å². The van der Waals surface area contributed by atoms with Gasteiger partial charge in [-0.05, 0) is 37.4 Å². The molecule has 1 fully saturated rings. The van der Waals surface area contributed by atoms with Gasteiger partial charge in [0.25, 0.3) is 0 Å². The fraction of sp³-hybridized carbons (Fsp3) is 0.238. The van der Waals surface area contributed by atoms with Gasteiger partial charge in [0.05, 0.1) is 5.02 Å². The first-order valence-electron chi connectivity index (χ1n) is 9.15. The van der Waals surface area contributed by atoms with Gasteiger partial charge in [0.1, 0.15) is 16.7 Å². The Morgan fingerprint density at radius 3 is 2.61 bits per heavy atom. The van der Waals surface area contributed by atoms with Crippen molar-refractivity contribution in [2.75, 3.05) is 38.1 Å². The molecule has 1 aliphatic rings. The smallest absolute Gasteiger partial charge is 0.349 e. The van der Waals surface area contributed by atoms with E-state index < -0.39 is 5.63 Å². The Labute approximate surface area is 165 Å². The van der Waals surface area contributed by atoms with E-state index in [2.05, 4.69) is 27.9 Å². The number of oxazole rings is 1. The molecule has 0 saturated carbocycles. The second-order valence-corrected chi connectivity index (χ2v) is 7.47. The van der Waals surface area contributed by atoms with Gasteiger partial charge in [-0.2, -0.15) is 0 Å². The summed E-state index contributed by atoms with van der Waals surface area (Å²) in [6.07, 6.45) is 0. The summed E-state index contributed by atoms with van der Waals surface area (Å²) >= 11 is 6.16. The molecule has 0 aliphatic carbocycles. The van der Waals surface area contributed by atoms with E-state index in [-0.39, 0.29) is 11.5 Å². The quantitative estimate of drug-likeness (QED) is 0.478. The maximum atomic E-state index is 12.6. The Kier molecular flexibility index (Phi) is 4.10. The summed E-state index contributed by atoms with van der Waals surface area (Å²) in [7, 11) is 2.12. The van der Waals surface area contributed by atoms with Crippen LogP contribution in [0.25, 0.3) is 33.5 Å². The number of benzene rings is 2. The molecule has 4 aromatic rings. The Hall–Kier alpha value is -2.83. The van der Waals surface area contributed by atoms with Crippen LogP contribution in [-0.4, -0.2) is 43.1 Å². The summed E-state index contributed by atoms with van der Waals surface area (Å²) < 4.78 is 11.3. The number of para-hydroxylation sites is 1. The zero-order valence-corrected chi connectivity index (χ0v) is 16.1. The molecule has 3 heterocycles. The number of hydrogen-bond acceptors (Lipinski definition) is 6. The first-order valence-corrected chi connectivity index (χ1v) is 9.53. The van der Waals surface area contributed by atoms with Crippen LogP contribution in [0.3, 0.4) is 0 Å². The number of halogens is 1. The number of rotatable bonds is 2. The van der Waals surface area contributed by atoms with E-state index in [1.807, 2.05) is 12.1 Å². The lowest BCUT2D eigenvalue weighted by Gasteiger charge is -2.34. The maximum Gasteiger partial charge on any atom is 0.349 e. The van der Waals surface area contributed by atoms with Crippen LogP contribution in [0.4, 0.5) is 5.69 Å². The Morgan fingerprint density at radius 1 is 1.00 bits per heavy atom. The van der Waals surface area contributed by atoms with Crippen molar-refractivity contribution in [1.82, 2.24) is 9.88 Å². The number of piperazine rings is 1. The van der Waals surface area contributed by atoms with Crippen LogP contribution >= 0.6 is 11.6 Å². The van der Waals surface area contributed by atoms with Gasteiger partial charge >= 0.3 is 5.63 Å². The molecule has 1 saturated heterocycles. The molecule has 5 rings (SSSR count). The highest BCUT2D eigenvalue weighted by atomic mass is 35.5. The molecule has 0 bridgehead atoms. The molecular formula is C21H18ClN3O3. The standard InChI is InChI=1S/C21H18ClN3O3/c1-24-7-9-25(10-8-24)14-6-5-13-11-15(21(26)28-18(13)12-14)20-23-19-16(22)3-2-4-17(19)27-20/h2-6,11-12H,7-10H2,1H3. The fourth-order valence-corrected chi connectivity index (χ4v) is 3.75. The first-order chi connectivity index (χ1) is 13.6. The number of aromatic nitrogens is 1. The Bertz CT molecular complexity index is 1240. The van der Waals surface area contributed by atoms with Crippen molar-refractivity contribution in [3.8, 4) is 11.5 Å². The van der Waals surface area contributed by atoms with E-state index in [4.69, 9.17) is 20.4 Å². The second-order valence-electron chi connectivity index (χ2n) is 7.07. The molecule has 0 unspecified atom stereocenters. The number of likely N-dealkylation sites (N-methyl/N-ethyl adjacent to an activating group) is 1. The minimum atomic E-state index is -0.481. The van der Waals surface area contributed by atoms with Gasteiger partial charge in [0, 0.05) is 43.3 Å². The van der Waals surface area contributed by atoms with Crippen molar-refractivity contribution in [2.45, 2.75) is 0 Å². The average Bonchev–Trinajstić information content (AvgIpc) is 3.13. The Balaban J connectivity index is 1.56. The molecule has 1 aliphatic heterocycles. The highest BCUT2D eigenvalue weighted by Crippen LogP contribution is 2.29. The van der Waals surface area contributed by atoms with Crippen LogP contribution in [0, 0.1) is 0 Å². The molecule has 2 aromatic heterocycles. The maximum absolute atomic E-state index is 12.6. The summed E-state index contributed by atoms with van der Waals surface area (Å²) in [6, 6.07) is 13.0. The van der Waals surface area contributed by atoms with Gasteiger partial charge in [-0.25, -0.2) is 9.78 Å². The molecule has 0 radical (unpaired) electrons. The van der Waals surface area contributed by atoms with Crippen molar-refractivity contribution in [3.63, 3.8) is 0 Å². The molecule has 0 amide bonds. The molecule has 0 atom stereocenters. The summed E-state index contributed by atoms with van der Waals surface area (Å²) in [5, 5.41) is 1.30. The number of anilines is 1. The first kappa shape index (κ1) is 17.3. The predicted octanol–water partition coefficient (Wildman–Crippen LogP) is 4.01. The third-order valence-corrected chi connectivity index (χ3v) is 5.49. The van der Waals surface area contributed by atoms with E-state index in [0.29, 0.717) is 21.7 Å². The SMILES string of the molecule is CN1CCN(c2ccc3cc(-c4nc5c(Cl)cccc5o4)c(=O)oc3c2)CC1. The summed E-state index contributed by atoms with van der Waals surface area (Å²) in [5.41, 5.74) is 2.48. The molecule has 0 N–H and O–H groups in total. The lowest BCUT2D eigenvalue weighted by Crippen LogP contribution is -2.44. The summed E-state index contributed by atoms with van der Waals surface area (Å²) in [6.45, 7) is 3.93. The molecular weight excluding hydrogens is 378 g/mol. The minimum Gasteiger partial charge on any atom is -0.436 e. The molecule has 6 nitrogen and oxygen atoms in total. The highest BCUT2D eigenvalue weighted by Gasteiger charge is 2.18. The third-order valence-electron chi connectivity index (χ3n) is 5.19. The van der Waals surface area contributed by atoms with Crippen LogP contribution in [0.2, 0.25) is 5.02 Å². The van der Waals surface area contributed by atoms with Crippen molar-refractivity contribution in [2.24, 2.45) is 0 Å². The molecule has 0 spiro atoms. The zero-order valence-electron chi connectivity index (χ0n) is 15.3. The van der Waals surface area contributed by atoms with Gasteiger partial charge in [-0.15, -0.1) is 0 Å². The van der Waals surface area contributed by atoms with E-state index in [0.717, 1.165) is 37.3 Å². The molecule has 28 heavy (non-hydrogen) atoms. The predicted molar refractivity (Wildman–Crippen MR) is 110 cm³/mol. The molecule has 2 aromatic carbocycles. The summed E-state index contributed by atoms with van der Waals surface area (Å²) in [5.74, 6) is 0.210. The number of nitrogens with zero attached hydrogens (tertiary/aromatic N) is 3. The van der Waals surface area contributed by atoms with E-state index in [9.17, 15) is 4.79 Å². The van der Waals surface area contributed by atoms with Crippen molar-refractivity contribution in [1.29, 1.82) is 0 Å². The minimum absolute atomic E-state index is 0.210. The van der Waals surface area contributed by atoms with Crippen LogP contribution in [0.15, 0.2) is 56.1 Å². The number of fused-ring (bicyclic) bond motifs is 2. The van der Waals surface area contributed by atoms with Crippen LogP contribution in [-0.2, 0) is 0 Å². The van der Waals surface area contributed by atoms with E-state index in [1.165, 1.54) is 0 Å². The van der Waals surface area contributed by atoms with Crippen LogP contribution in [0.5, 0.6) is 0 Å². The van der Waals surface area contributed by atoms with Gasteiger partial charge in [0.15, 0.2) is 5.58 Å². The topological polar surface area (TPSA) is 62.7 Å². The fourth-order valence-electron chi connectivity index (χ4n) is 3.54. The van der Waals surface area contributed by atoms with E-state index >= 15 is 0 Å². The van der Waals surface area contributed by atoms with Gasteiger partial charge in [0.2, 0.25) is 5.89 Å². The highest BCUT2D eigenvalue weighted by molar-refractivity contribution is 6.34. The van der Waals surface area contributed by atoms with Crippen molar-refractivity contribution >= 4 is 39.4 Å². The normalized spacial score (nSPS) is 15.6. The molecule has 7 heteroatoms. The van der Waals surface area contributed by atoms with Gasteiger partial charge in [-0.1, -0.05) is 17.7 Å². The molecule has 142 valence electrons. The van der Waals surface area contributed by atoms with Gasteiger partial charge < -0.3 is 18.6 Å². The van der Waals surface area contributed by atoms with E-state index in [1.54, 1.807) is 24.3 Å². The lowest BCUT2D eigenvalue weighted by molar-refractivity contribution is 0.313. The lowest BCUT2D eigenvalue weighted by atomic mass is 10.1. The average molecular weight is 396 g/mol. The monoisotopic (exact) mass is 395 g/mol. The second kappa shape index (κ2) is 6.65. The van der Waals surface area contributed by atoms with Crippen molar-refractivity contribution < 1.29 is 8.83 Å². The zero-order chi connectivity index (χ0) is 19.3. The largest absolute Gasteiger partial charge is 0.436 e. The van der Waals surface area contributed by atoms with Crippen LogP contribution in [0.1, 0.15) is 0 Å².